The van der Waals surface area contributed by atoms with Crippen LogP contribution < -0.4 is 5.32 Å². The predicted molar refractivity (Wildman–Crippen MR) is 81.1 cm³/mol. The molecule has 0 spiro atoms. The van der Waals surface area contributed by atoms with Crippen molar-refractivity contribution in [1.29, 1.82) is 0 Å². The second kappa shape index (κ2) is 7.14. The molecule has 4 nitrogen and oxygen atoms in total. The molecule has 1 aromatic carbocycles. The van der Waals surface area contributed by atoms with Crippen molar-refractivity contribution in [3.05, 3.63) is 33.9 Å². The summed E-state index contributed by atoms with van der Waals surface area (Å²) in [7, 11) is 1.37. The van der Waals surface area contributed by atoms with Gasteiger partial charge in [0, 0.05) is 19.1 Å². The Hall–Kier alpha value is -1.30. The summed E-state index contributed by atoms with van der Waals surface area (Å²) in [5.74, 6) is -0.00203. The number of alkyl halides is 6. The number of nitrogens with one attached hydrogen (secondary N) is 1. The van der Waals surface area contributed by atoms with Crippen LogP contribution in [0.15, 0.2) is 23.2 Å². The van der Waals surface area contributed by atoms with Gasteiger partial charge >= 0.3 is 12.5 Å². The summed E-state index contributed by atoms with van der Waals surface area (Å²) in [6.45, 7) is 0. The van der Waals surface area contributed by atoms with E-state index in [4.69, 9.17) is 23.2 Å². The third kappa shape index (κ3) is 4.66. The highest BCUT2D eigenvalue weighted by Crippen LogP contribution is 2.40. The first-order chi connectivity index (χ1) is 11.4. The van der Waals surface area contributed by atoms with Crippen molar-refractivity contribution in [3.63, 3.8) is 0 Å². The van der Waals surface area contributed by atoms with Gasteiger partial charge in [0.15, 0.2) is 0 Å². The number of nitrogens with zero attached hydrogens (tertiary/aromatic N) is 2. The quantitative estimate of drug-likeness (QED) is 0.497. The van der Waals surface area contributed by atoms with E-state index in [1.807, 2.05) is 0 Å². The summed E-state index contributed by atoms with van der Waals surface area (Å²) in [6.07, 6.45) is -8.53. The third-order valence-electron chi connectivity index (χ3n) is 2.75. The fourth-order valence-corrected chi connectivity index (χ4v) is 3.01. The predicted octanol–water partition coefficient (Wildman–Crippen LogP) is 5.78. The van der Waals surface area contributed by atoms with E-state index in [1.165, 1.54) is 7.05 Å². The minimum atomic E-state index is -4.89. The molecule has 2 aromatic rings. The first-order valence-corrected chi connectivity index (χ1v) is 7.68. The van der Waals surface area contributed by atoms with Crippen LogP contribution in [0.3, 0.4) is 0 Å². The normalized spacial score (nSPS) is 12.5. The maximum atomic E-state index is 12.8. The molecule has 0 atom stereocenters. The van der Waals surface area contributed by atoms with E-state index in [0.29, 0.717) is 12.1 Å². The van der Waals surface area contributed by atoms with Crippen LogP contribution in [0, 0.1) is 0 Å². The smallest absolute Gasteiger partial charge is 0.372 e. The lowest BCUT2D eigenvalue weighted by Gasteiger charge is -2.14. The molecule has 0 amide bonds. The minimum absolute atomic E-state index is 0.00203. The molecule has 138 valence electrons. The van der Waals surface area contributed by atoms with E-state index in [2.05, 4.69) is 14.6 Å². The van der Waals surface area contributed by atoms with E-state index >= 15 is 0 Å². The second-order valence-corrected chi connectivity index (χ2v) is 6.01. The minimum Gasteiger partial charge on any atom is -0.372 e. The van der Waals surface area contributed by atoms with E-state index in [1.54, 1.807) is 0 Å². The Kier molecular flexibility index (Phi) is 5.71. The van der Waals surface area contributed by atoms with Gasteiger partial charge in [-0.3, -0.25) is 0 Å². The van der Waals surface area contributed by atoms with Gasteiger partial charge in [-0.2, -0.15) is 18.3 Å². The molecule has 1 heterocycles. The van der Waals surface area contributed by atoms with Gasteiger partial charge in [0.25, 0.3) is 0 Å². The summed E-state index contributed by atoms with van der Waals surface area (Å²) in [4.78, 5) is -0.0770. The molecular formula is C12H7Cl2F6N3OS. The van der Waals surface area contributed by atoms with Gasteiger partial charge in [-0.15, -0.1) is 13.2 Å². The lowest BCUT2D eigenvalue weighted by atomic mass is 10.2. The van der Waals surface area contributed by atoms with Crippen LogP contribution in [0.4, 0.5) is 32.2 Å². The van der Waals surface area contributed by atoms with E-state index in [9.17, 15) is 26.3 Å². The van der Waals surface area contributed by atoms with Gasteiger partial charge in [-0.05, 0) is 12.1 Å². The number of halogens is 8. The summed E-state index contributed by atoms with van der Waals surface area (Å²) in [5.41, 5.74) is -1.20. The maximum absolute atomic E-state index is 12.8. The van der Waals surface area contributed by atoms with Crippen LogP contribution in [-0.4, -0.2) is 23.2 Å². The van der Waals surface area contributed by atoms with Gasteiger partial charge in [0.05, 0.1) is 26.7 Å². The number of aromatic nitrogens is 2. The van der Waals surface area contributed by atoms with Crippen molar-refractivity contribution < 1.29 is 30.5 Å². The number of hydrogen-bond donors (Lipinski definition) is 1. The lowest BCUT2D eigenvalue weighted by Crippen LogP contribution is -2.09. The highest BCUT2D eigenvalue weighted by atomic mass is 35.5. The monoisotopic (exact) mass is 425 g/mol. The lowest BCUT2D eigenvalue weighted by molar-refractivity contribution is -0.266. The number of rotatable bonds is 4. The molecule has 0 aliphatic carbocycles. The zero-order chi connectivity index (χ0) is 19.0. The molecule has 0 radical (unpaired) electrons. The molecule has 1 aromatic heterocycles. The van der Waals surface area contributed by atoms with E-state index in [0.717, 1.165) is 10.9 Å². The zero-order valence-electron chi connectivity index (χ0n) is 12.0. The molecule has 25 heavy (non-hydrogen) atoms. The van der Waals surface area contributed by atoms with Crippen LogP contribution in [0.2, 0.25) is 10.0 Å². The fraction of sp³-hybridized carbons (Fsp3) is 0.250. The van der Waals surface area contributed by atoms with Crippen molar-refractivity contribution in [2.45, 2.75) is 17.4 Å². The van der Waals surface area contributed by atoms with Gasteiger partial charge in [0.2, 0.25) is 0 Å². The summed E-state index contributed by atoms with van der Waals surface area (Å²) in [5, 5.41) is 5.61. The molecule has 0 fully saturated rings. The van der Waals surface area contributed by atoms with Crippen molar-refractivity contribution in [2.75, 3.05) is 12.4 Å². The number of benzene rings is 1. The Morgan fingerprint density at radius 1 is 1.12 bits per heavy atom. The largest absolute Gasteiger partial charge is 0.533 e. The molecule has 0 saturated heterocycles. The molecule has 0 saturated carbocycles. The summed E-state index contributed by atoms with van der Waals surface area (Å²) in [6, 6.07) is 1.28. The Morgan fingerprint density at radius 3 is 2.12 bits per heavy atom. The third-order valence-corrected chi connectivity index (χ3v) is 4.08. The van der Waals surface area contributed by atoms with Gasteiger partial charge < -0.3 is 5.32 Å². The Bertz CT molecular complexity index is 754. The van der Waals surface area contributed by atoms with Crippen molar-refractivity contribution >= 4 is 41.1 Å². The van der Waals surface area contributed by atoms with Crippen LogP contribution in [0.25, 0.3) is 5.69 Å². The standard InChI is InChI=1S/C12H7Cl2F6N3OS/c1-21-10-8(25-24-12(18,19)20)4-22-23(10)9-6(13)2-5(3-7(9)14)11(15,16)17/h2-4,21H,1H3. The summed E-state index contributed by atoms with van der Waals surface area (Å²) < 4.78 is 79.4. The number of hydrogen-bond acceptors (Lipinski definition) is 4. The highest BCUT2D eigenvalue weighted by molar-refractivity contribution is 7.94. The van der Waals surface area contributed by atoms with Crippen molar-refractivity contribution in [1.82, 2.24) is 9.78 Å². The van der Waals surface area contributed by atoms with Gasteiger partial charge in [-0.25, -0.2) is 8.86 Å². The van der Waals surface area contributed by atoms with E-state index < -0.39 is 18.1 Å². The average Bonchev–Trinajstić information content (AvgIpc) is 2.85. The van der Waals surface area contributed by atoms with Gasteiger partial charge in [-0.1, -0.05) is 23.2 Å². The maximum Gasteiger partial charge on any atom is 0.533 e. The van der Waals surface area contributed by atoms with Crippen LogP contribution in [0.1, 0.15) is 5.56 Å². The molecule has 1 N–H and O–H groups in total. The molecule has 0 aliphatic heterocycles. The second-order valence-electron chi connectivity index (χ2n) is 4.42. The van der Waals surface area contributed by atoms with Crippen molar-refractivity contribution in [2.24, 2.45) is 0 Å². The Morgan fingerprint density at radius 2 is 1.68 bits per heavy atom. The molecule has 0 bridgehead atoms. The SMILES string of the molecule is CNc1c(SOC(F)(F)F)cnn1-c1c(Cl)cc(C(F)(F)F)cc1Cl. The van der Waals surface area contributed by atoms with Crippen LogP contribution in [0.5, 0.6) is 0 Å². The number of anilines is 1. The van der Waals surface area contributed by atoms with E-state index in [-0.39, 0.29) is 38.5 Å². The van der Waals surface area contributed by atoms with Crippen LogP contribution in [-0.2, 0) is 10.4 Å². The molecule has 2 rings (SSSR count). The Labute approximate surface area is 151 Å². The average molecular weight is 426 g/mol. The molecule has 13 heteroatoms. The fourth-order valence-electron chi connectivity index (χ4n) is 1.82. The molecular weight excluding hydrogens is 419 g/mol. The summed E-state index contributed by atoms with van der Waals surface area (Å²) >= 11 is 11.7. The molecule has 0 unspecified atom stereocenters. The Balaban J connectivity index is 2.47. The van der Waals surface area contributed by atoms with Gasteiger partial charge in [0.1, 0.15) is 11.5 Å². The molecule has 0 aliphatic rings. The first-order valence-electron chi connectivity index (χ1n) is 6.19. The highest BCUT2D eigenvalue weighted by Gasteiger charge is 2.33. The zero-order valence-corrected chi connectivity index (χ0v) is 14.3. The first kappa shape index (κ1) is 20.0. The van der Waals surface area contributed by atoms with Crippen molar-refractivity contribution in [3.8, 4) is 5.69 Å². The topological polar surface area (TPSA) is 39.1 Å². The van der Waals surface area contributed by atoms with Crippen LogP contribution >= 0.6 is 35.2 Å².